The zero-order valence-electron chi connectivity index (χ0n) is 11.1. The Balaban J connectivity index is 3.00. The van der Waals surface area contributed by atoms with Gasteiger partial charge in [-0.1, -0.05) is 0 Å². The number of pyridine rings is 1. The molecule has 19 heavy (non-hydrogen) atoms. The number of aliphatic hydroxyl groups is 1. The highest BCUT2D eigenvalue weighted by Crippen LogP contribution is 2.24. The van der Waals surface area contributed by atoms with Crippen molar-refractivity contribution in [3.05, 3.63) is 28.2 Å². The van der Waals surface area contributed by atoms with Crippen molar-refractivity contribution in [1.82, 2.24) is 9.71 Å². The number of nitrogens with zero attached hydrogens (tertiary/aromatic N) is 1. The zero-order valence-corrected chi connectivity index (χ0v) is 13.5. The van der Waals surface area contributed by atoms with Crippen LogP contribution in [0.4, 0.5) is 4.39 Å². The molecule has 0 aromatic carbocycles. The van der Waals surface area contributed by atoms with E-state index in [-0.39, 0.29) is 13.0 Å². The fourth-order valence-corrected chi connectivity index (χ4v) is 2.60. The fourth-order valence-electron chi connectivity index (χ4n) is 1.40. The molecule has 0 fully saturated rings. The van der Waals surface area contributed by atoms with E-state index in [0.717, 1.165) is 0 Å². The summed E-state index contributed by atoms with van der Waals surface area (Å²) in [6.07, 6.45) is 1.62. The summed E-state index contributed by atoms with van der Waals surface area (Å²) in [4.78, 5) is 3.62. The first-order valence-electron chi connectivity index (χ1n) is 5.85. The Morgan fingerprint density at radius 3 is 2.74 bits per heavy atom. The Hall–Kier alpha value is -0.370. The maximum absolute atomic E-state index is 13.7. The second-order valence-electron chi connectivity index (χ2n) is 5.10. The van der Waals surface area contributed by atoms with Crippen molar-refractivity contribution in [3.8, 4) is 0 Å². The van der Waals surface area contributed by atoms with Crippen LogP contribution in [0.1, 0.15) is 38.8 Å². The van der Waals surface area contributed by atoms with Crippen LogP contribution < -0.4 is 4.72 Å². The number of hydrogen-bond acceptors (Lipinski definition) is 3. The third-order valence-electron chi connectivity index (χ3n) is 2.43. The van der Waals surface area contributed by atoms with Gasteiger partial charge in [0.25, 0.3) is 0 Å². The van der Waals surface area contributed by atoms with Crippen molar-refractivity contribution in [1.29, 1.82) is 0 Å². The second-order valence-corrected chi connectivity index (χ2v) is 8.01. The predicted octanol–water partition coefficient (Wildman–Crippen LogP) is 2.46. The minimum atomic E-state index is -1.36. The molecule has 2 N–H and O–H groups in total. The van der Waals surface area contributed by atoms with Crippen molar-refractivity contribution in [3.63, 3.8) is 0 Å². The number of aromatic nitrogens is 1. The minimum absolute atomic E-state index is 0.134. The van der Waals surface area contributed by atoms with Gasteiger partial charge in [0.05, 0.1) is 21.8 Å². The van der Waals surface area contributed by atoms with Gasteiger partial charge in [0.1, 0.15) is 0 Å². The van der Waals surface area contributed by atoms with Crippen LogP contribution in [0.2, 0.25) is 0 Å². The Morgan fingerprint density at radius 2 is 2.21 bits per heavy atom. The van der Waals surface area contributed by atoms with Crippen LogP contribution in [-0.4, -0.2) is 25.7 Å². The van der Waals surface area contributed by atoms with Gasteiger partial charge in [-0.3, -0.25) is 0 Å². The summed E-state index contributed by atoms with van der Waals surface area (Å²) in [6, 6.07) is 1.03. The third-order valence-corrected chi connectivity index (χ3v) is 4.48. The molecular formula is C12H18BrFN2O2S. The molecule has 108 valence electrons. The quantitative estimate of drug-likeness (QED) is 0.800. The molecule has 0 unspecified atom stereocenters. The molecule has 0 spiro atoms. The second kappa shape index (κ2) is 6.88. The van der Waals surface area contributed by atoms with E-state index in [9.17, 15) is 8.60 Å². The van der Waals surface area contributed by atoms with Crippen LogP contribution in [0.25, 0.3) is 0 Å². The van der Waals surface area contributed by atoms with E-state index in [2.05, 4.69) is 25.6 Å². The van der Waals surface area contributed by atoms with Gasteiger partial charge in [-0.15, -0.1) is 0 Å². The lowest BCUT2D eigenvalue weighted by molar-refractivity contribution is 0.271. The molecule has 0 aliphatic carbocycles. The lowest BCUT2D eigenvalue weighted by Gasteiger charge is -2.24. The van der Waals surface area contributed by atoms with E-state index in [1.54, 1.807) is 6.07 Å². The molecule has 1 rings (SSSR count). The van der Waals surface area contributed by atoms with Gasteiger partial charge < -0.3 is 5.11 Å². The molecule has 0 amide bonds. The number of nitrogens with one attached hydrogen (secondary N) is 1. The number of hydrogen-bond donors (Lipinski definition) is 2. The molecule has 4 nitrogen and oxygen atoms in total. The van der Waals surface area contributed by atoms with Gasteiger partial charge in [-0.2, -0.15) is 4.39 Å². The first-order chi connectivity index (χ1) is 8.75. The lowest BCUT2D eigenvalue weighted by Crippen LogP contribution is -2.36. The molecule has 0 saturated carbocycles. The summed E-state index contributed by atoms with van der Waals surface area (Å²) in [5.74, 6) is -0.625. The van der Waals surface area contributed by atoms with Crippen molar-refractivity contribution in [2.75, 3.05) is 6.61 Å². The van der Waals surface area contributed by atoms with Crippen LogP contribution in [0.3, 0.4) is 0 Å². The van der Waals surface area contributed by atoms with Crippen LogP contribution in [0.15, 0.2) is 16.7 Å². The smallest absolute Gasteiger partial charge is 0.217 e. The Labute approximate surface area is 123 Å². The highest BCUT2D eigenvalue weighted by atomic mass is 79.9. The van der Waals surface area contributed by atoms with Crippen LogP contribution in [-0.2, 0) is 11.0 Å². The van der Waals surface area contributed by atoms with Gasteiger partial charge in [-0.05, 0) is 49.2 Å². The van der Waals surface area contributed by atoms with Crippen molar-refractivity contribution >= 4 is 26.9 Å². The molecule has 0 aliphatic rings. The number of halogens is 2. The molecule has 1 aromatic rings. The summed E-state index contributed by atoms with van der Waals surface area (Å²) in [7, 11) is -1.36. The van der Waals surface area contributed by atoms with Crippen molar-refractivity contribution < 1.29 is 13.7 Å². The zero-order chi connectivity index (χ0) is 14.6. The fraction of sp³-hybridized carbons (Fsp3) is 0.583. The number of rotatable bonds is 5. The van der Waals surface area contributed by atoms with E-state index in [1.165, 1.54) is 6.20 Å². The summed E-state index contributed by atoms with van der Waals surface area (Å²) in [6.45, 7) is 5.33. The Bertz CT molecular complexity index is 466. The van der Waals surface area contributed by atoms with Crippen LogP contribution in [0.5, 0.6) is 0 Å². The average Bonchev–Trinajstić information content (AvgIpc) is 2.30. The third kappa shape index (κ3) is 4.91. The van der Waals surface area contributed by atoms with E-state index in [4.69, 9.17) is 5.11 Å². The monoisotopic (exact) mass is 352 g/mol. The standard InChI is InChI=1S/C12H18BrFN2O2S/c1-12(2,3)19(18)16-10(4-5-17)9-6-8(13)7-15-11(9)14/h6-7,10,16-17H,4-5H2,1-3H3/t10-,19+/m0/s1. The maximum Gasteiger partial charge on any atom is 0.217 e. The van der Waals surface area contributed by atoms with Crippen LogP contribution >= 0.6 is 15.9 Å². The summed E-state index contributed by atoms with van der Waals surface area (Å²) < 4.78 is 28.8. The molecule has 0 radical (unpaired) electrons. The van der Waals surface area contributed by atoms with Gasteiger partial charge >= 0.3 is 0 Å². The SMILES string of the molecule is CC(C)(C)[S@@](=O)N[C@@H](CCO)c1cc(Br)cnc1F. The van der Waals surface area contributed by atoms with Gasteiger partial charge in [0.2, 0.25) is 5.95 Å². The molecule has 1 aromatic heterocycles. The van der Waals surface area contributed by atoms with E-state index < -0.39 is 27.7 Å². The minimum Gasteiger partial charge on any atom is -0.396 e. The van der Waals surface area contributed by atoms with E-state index in [1.807, 2.05) is 20.8 Å². The number of aliphatic hydroxyl groups excluding tert-OH is 1. The van der Waals surface area contributed by atoms with E-state index in [0.29, 0.717) is 10.0 Å². The molecule has 0 bridgehead atoms. The summed E-state index contributed by atoms with van der Waals surface area (Å²) >= 11 is 3.23. The molecule has 0 saturated heterocycles. The van der Waals surface area contributed by atoms with Gasteiger partial charge in [0.15, 0.2) is 0 Å². The average molecular weight is 353 g/mol. The lowest BCUT2D eigenvalue weighted by atomic mass is 10.1. The highest BCUT2D eigenvalue weighted by Gasteiger charge is 2.25. The molecule has 0 aliphatic heterocycles. The highest BCUT2D eigenvalue weighted by molar-refractivity contribution is 9.10. The van der Waals surface area contributed by atoms with Gasteiger partial charge in [-0.25, -0.2) is 13.9 Å². The Morgan fingerprint density at radius 1 is 1.58 bits per heavy atom. The van der Waals surface area contributed by atoms with Crippen molar-refractivity contribution in [2.24, 2.45) is 0 Å². The van der Waals surface area contributed by atoms with Gasteiger partial charge in [0, 0.05) is 22.8 Å². The van der Waals surface area contributed by atoms with Crippen molar-refractivity contribution in [2.45, 2.75) is 38.0 Å². The van der Waals surface area contributed by atoms with E-state index >= 15 is 0 Å². The normalized spacial score (nSPS) is 15.3. The molecule has 1 heterocycles. The largest absolute Gasteiger partial charge is 0.396 e. The first-order valence-corrected chi connectivity index (χ1v) is 7.80. The topological polar surface area (TPSA) is 62.2 Å². The molecule has 7 heteroatoms. The molecular weight excluding hydrogens is 335 g/mol. The maximum atomic E-state index is 13.7. The molecule has 2 atom stereocenters. The van der Waals surface area contributed by atoms with Crippen LogP contribution in [0, 0.1) is 5.95 Å². The summed E-state index contributed by atoms with van der Waals surface area (Å²) in [5.41, 5.74) is 0.293. The Kier molecular flexibility index (Phi) is 6.04. The predicted molar refractivity (Wildman–Crippen MR) is 77.4 cm³/mol. The first kappa shape index (κ1) is 16.7. The summed E-state index contributed by atoms with van der Waals surface area (Å²) in [5, 5.41) is 9.08.